The Morgan fingerprint density at radius 3 is 2.32 bits per heavy atom. The van der Waals surface area contributed by atoms with Gasteiger partial charge in [-0.1, -0.05) is 39.0 Å². The Morgan fingerprint density at radius 2 is 1.74 bits per heavy atom. The highest BCUT2D eigenvalue weighted by atomic mass is 16.2. The predicted octanol–water partition coefficient (Wildman–Crippen LogP) is 3.41. The van der Waals surface area contributed by atoms with E-state index in [4.69, 9.17) is 0 Å². The number of anilines is 1. The molecule has 0 aromatic heterocycles. The second-order valence-corrected chi connectivity index (χ2v) is 6.61. The number of para-hydroxylation sites is 1. The molecule has 0 bridgehead atoms. The van der Waals surface area contributed by atoms with Crippen molar-refractivity contribution in [2.24, 2.45) is 10.8 Å². The summed E-state index contributed by atoms with van der Waals surface area (Å²) in [7, 11) is 0. The van der Waals surface area contributed by atoms with Crippen molar-refractivity contribution >= 4 is 17.4 Å². The van der Waals surface area contributed by atoms with Gasteiger partial charge in [0.25, 0.3) is 0 Å². The molecule has 1 aromatic rings. The van der Waals surface area contributed by atoms with Gasteiger partial charge in [0.15, 0.2) is 0 Å². The molecule has 0 saturated heterocycles. The summed E-state index contributed by atoms with van der Waals surface area (Å²) < 4.78 is 0. The molecule has 102 valence electrons. The molecule has 1 aromatic carbocycles. The van der Waals surface area contributed by atoms with E-state index in [0.717, 1.165) is 12.1 Å². The minimum absolute atomic E-state index is 0.0557. The summed E-state index contributed by atoms with van der Waals surface area (Å²) in [6, 6.07) is 9.39. The molecular weight excluding hydrogens is 238 g/mol. The van der Waals surface area contributed by atoms with Gasteiger partial charge in [0.05, 0.1) is 5.41 Å². The zero-order valence-electron chi connectivity index (χ0n) is 11.8. The first-order valence-corrected chi connectivity index (χ1v) is 6.69. The molecule has 1 N–H and O–H groups in total. The van der Waals surface area contributed by atoms with Gasteiger partial charge in [0, 0.05) is 18.5 Å². The molecule has 19 heavy (non-hydrogen) atoms. The Kier molecular flexibility index (Phi) is 3.48. The lowest BCUT2D eigenvalue weighted by Crippen LogP contribution is -2.43. The second-order valence-electron chi connectivity index (χ2n) is 6.61. The summed E-state index contributed by atoms with van der Waals surface area (Å²) in [5, 5.41) is 2.92. The van der Waals surface area contributed by atoms with E-state index < -0.39 is 5.41 Å². The summed E-state index contributed by atoms with van der Waals surface area (Å²) in [6.07, 6.45) is 1.65. The first-order chi connectivity index (χ1) is 8.81. The van der Waals surface area contributed by atoms with E-state index in [0.29, 0.717) is 12.8 Å². The number of Topliss-reactive ketones (excluding diaryl/α,β-unsaturated/α-hetero) is 1. The number of rotatable bonds is 2. The third-order valence-corrected chi connectivity index (χ3v) is 3.71. The number of ketones is 1. The Bertz CT molecular complexity index is 493. The van der Waals surface area contributed by atoms with Gasteiger partial charge in [0.1, 0.15) is 5.78 Å². The standard InChI is InChI=1S/C16H21NO2/c1-15(2)9-13(18)10-16(3,11-15)14(19)17-12-7-5-4-6-8-12/h4-8H,9-11H2,1-3H3,(H,17,19)/t16-/m0/s1. The molecule has 3 nitrogen and oxygen atoms in total. The van der Waals surface area contributed by atoms with Crippen LogP contribution in [0.4, 0.5) is 5.69 Å². The van der Waals surface area contributed by atoms with E-state index in [1.54, 1.807) is 0 Å². The Balaban J connectivity index is 2.15. The summed E-state index contributed by atoms with van der Waals surface area (Å²) in [4.78, 5) is 24.3. The van der Waals surface area contributed by atoms with Gasteiger partial charge in [-0.3, -0.25) is 9.59 Å². The number of carbonyl (C=O) groups is 2. The van der Waals surface area contributed by atoms with Crippen molar-refractivity contribution in [3.05, 3.63) is 30.3 Å². The van der Waals surface area contributed by atoms with Crippen molar-refractivity contribution in [1.82, 2.24) is 0 Å². The molecule has 1 aliphatic rings. The van der Waals surface area contributed by atoms with E-state index in [1.165, 1.54) is 0 Å². The minimum Gasteiger partial charge on any atom is -0.326 e. The minimum atomic E-state index is -0.603. The first-order valence-electron chi connectivity index (χ1n) is 6.69. The lowest BCUT2D eigenvalue weighted by molar-refractivity contribution is -0.138. The van der Waals surface area contributed by atoms with E-state index in [-0.39, 0.29) is 17.1 Å². The maximum Gasteiger partial charge on any atom is 0.230 e. The van der Waals surface area contributed by atoms with Crippen molar-refractivity contribution in [2.75, 3.05) is 5.32 Å². The van der Waals surface area contributed by atoms with Crippen LogP contribution < -0.4 is 5.32 Å². The van der Waals surface area contributed by atoms with E-state index >= 15 is 0 Å². The number of benzene rings is 1. The van der Waals surface area contributed by atoms with Crippen LogP contribution in [-0.2, 0) is 9.59 Å². The van der Waals surface area contributed by atoms with Gasteiger partial charge in [-0.05, 0) is 24.0 Å². The smallest absolute Gasteiger partial charge is 0.230 e. The molecule has 0 heterocycles. The molecule has 3 heteroatoms. The lowest BCUT2D eigenvalue weighted by Gasteiger charge is -2.40. The summed E-state index contributed by atoms with van der Waals surface area (Å²) in [5.74, 6) is 0.127. The normalized spacial score (nSPS) is 25.9. The van der Waals surface area contributed by atoms with Gasteiger partial charge < -0.3 is 5.32 Å². The first kappa shape index (κ1) is 13.8. The van der Waals surface area contributed by atoms with Crippen LogP contribution in [0.25, 0.3) is 0 Å². The molecular formula is C16H21NO2. The number of amides is 1. The average molecular weight is 259 g/mol. The van der Waals surface area contributed by atoms with Crippen LogP contribution in [0.1, 0.15) is 40.0 Å². The van der Waals surface area contributed by atoms with Gasteiger partial charge in [0.2, 0.25) is 5.91 Å². The van der Waals surface area contributed by atoms with Crippen molar-refractivity contribution in [2.45, 2.75) is 40.0 Å². The van der Waals surface area contributed by atoms with Crippen molar-refractivity contribution in [3.8, 4) is 0 Å². The maximum atomic E-state index is 12.5. The monoisotopic (exact) mass is 259 g/mol. The summed E-state index contributed by atoms with van der Waals surface area (Å²) >= 11 is 0. The number of hydrogen-bond acceptors (Lipinski definition) is 2. The Hall–Kier alpha value is -1.64. The predicted molar refractivity (Wildman–Crippen MR) is 75.8 cm³/mol. The Labute approximate surface area is 114 Å². The van der Waals surface area contributed by atoms with E-state index in [2.05, 4.69) is 19.2 Å². The Morgan fingerprint density at radius 1 is 1.11 bits per heavy atom. The van der Waals surface area contributed by atoms with Crippen molar-refractivity contribution in [3.63, 3.8) is 0 Å². The zero-order valence-corrected chi connectivity index (χ0v) is 11.8. The SMILES string of the molecule is CC1(C)CC(=O)C[C@](C)(C(=O)Nc2ccccc2)C1. The molecule has 1 atom stereocenters. The fraction of sp³-hybridized carbons (Fsp3) is 0.500. The topological polar surface area (TPSA) is 46.2 Å². The van der Waals surface area contributed by atoms with Crippen LogP contribution in [0, 0.1) is 10.8 Å². The molecule has 1 fully saturated rings. The van der Waals surface area contributed by atoms with Crippen LogP contribution in [0.3, 0.4) is 0 Å². The highest BCUT2D eigenvalue weighted by molar-refractivity contribution is 5.98. The molecule has 0 radical (unpaired) electrons. The highest BCUT2D eigenvalue weighted by Gasteiger charge is 2.45. The van der Waals surface area contributed by atoms with Crippen molar-refractivity contribution in [1.29, 1.82) is 0 Å². The number of carbonyl (C=O) groups excluding carboxylic acids is 2. The molecule has 0 aliphatic heterocycles. The fourth-order valence-electron chi connectivity index (χ4n) is 3.18. The quantitative estimate of drug-likeness (QED) is 0.884. The number of hydrogen-bond donors (Lipinski definition) is 1. The van der Waals surface area contributed by atoms with E-state index in [1.807, 2.05) is 37.3 Å². The highest BCUT2D eigenvalue weighted by Crippen LogP contribution is 2.44. The lowest BCUT2D eigenvalue weighted by atomic mass is 9.63. The van der Waals surface area contributed by atoms with Crippen LogP contribution in [0.2, 0.25) is 0 Å². The van der Waals surface area contributed by atoms with Crippen LogP contribution in [0.15, 0.2) is 30.3 Å². The summed E-state index contributed by atoms with van der Waals surface area (Å²) in [6.45, 7) is 6.00. The molecule has 2 rings (SSSR count). The summed E-state index contributed by atoms with van der Waals surface area (Å²) in [5.41, 5.74) is 0.0804. The van der Waals surface area contributed by atoms with Gasteiger partial charge in [-0.15, -0.1) is 0 Å². The van der Waals surface area contributed by atoms with Crippen molar-refractivity contribution < 1.29 is 9.59 Å². The third-order valence-electron chi connectivity index (χ3n) is 3.71. The van der Waals surface area contributed by atoms with Gasteiger partial charge in [-0.25, -0.2) is 0 Å². The molecule has 0 spiro atoms. The maximum absolute atomic E-state index is 12.5. The second kappa shape index (κ2) is 4.80. The molecule has 1 amide bonds. The van der Waals surface area contributed by atoms with Crippen LogP contribution in [-0.4, -0.2) is 11.7 Å². The van der Waals surface area contributed by atoms with Crippen LogP contribution in [0.5, 0.6) is 0 Å². The van der Waals surface area contributed by atoms with Gasteiger partial charge in [-0.2, -0.15) is 0 Å². The number of nitrogens with one attached hydrogen (secondary N) is 1. The van der Waals surface area contributed by atoms with E-state index in [9.17, 15) is 9.59 Å². The zero-order chi connectivity index (χ0) is 14.1. The van der Waals surface area contributed by atoms with Gasteiger partial charge >= 0.3 is 0 Å². The molecule has 1 aliphatic carbocycles. The third kappa shape index (κ3) is 3.22. The fourth-order valence-corrected chi connectivity index (χ4v) is 3.18. The van der Waals surface area contributed by atoms with Crippen LogP contribution >= 0.6 is 0 Å². The largest absolute Gasteiger partial charge is 0.326 e. The molecule has 0 unspecified atom stereocenters. The average Bonchev–Trinajstić information content (AvgIpc) is 2.26. The molecule has 1 saturated carbocycles.